The number of aromatic hydroxyl groups is 3. The van der Waals surface area contributed by atoms with E-state index in [0.29, 0.717) is 16.9 Å². The zero-order valence-electron chi connectivity index (χ0n) is 27.0. The van der Waals surface area contributed by atoms with Gasteiger partial charge in [0.1, 0.15) is 23.0 Å². The number of rotatable bonds is 9. The molecule has 0 atom stereocenters. The summed E-state index contributed by atoms with van der Waals surface area (Å²) < 4.78 is 14.1. The average molecular weight is 938 g/mol. The smallest absolute Gasteiger partial charge is 0.338 e. The van der Waals surface area contributed by atoms with E-state index < -0.39 is 11.9 Å². The largest absolute Gasteiger partial charge is 0.508 e. The van der Waals surface area contributed by atoms with Crippen LogP contribution in [0.25, 0.3) is 0 Å². The number of alkyl halides is 4. The number of carbonyl (C=O) groups is 2. The zero-order chi connectivity index (χ0) is 36.9. The first-order valence-corrected chi connectivity index (χ1v) is 18.7. The minimum Gasteiger partial charge on any atom is -0.508 e. The molecule has 0 amide bonds. The summed E-state index contributed by atoms with van der Waals surface area (Å²) in [6.07, 6.45) is 0. The molecule has 10 nitrogen and oxygen atoms in total. The van der Waals surface area contributed by atoms with Crippen LogP contribution < -0.4 is 4.74 Å². The Labute approximate surface area is 319 Å². The summed E-state index contributed by atoms with van der Waals surface area (Å²) in [7, 11) is 4.11. The van der Waals surface area contributed by atoms with Crippen molar-refractivity contribution in [1.82, 2.24) is 0 Å². The highest BCUT2D eigenvalue weighted by Gasteiger charge is 2.13. The monoisotopic (exact) mass is 934 g/mol. The minimum absolute atomic E-state index is 0.0700. The van der Waals surface area contributed by atoms with Crippen molar-refractivity contribution < 1.29 is 49.3 Å². The number of hydrogen-bond donors (Lipinski definition) is 5. The highest BCUT2D eigenvalue weighted by atomic mass is 79.9. The molecule has 0 radical (unpaired) electrons. The number of ether oxygens (including phenoxy) is 3. The number of benzene rings is 4. The van der Waals surface area contributed by atoms with Crippen LogP contribution in [0.2, 0.25) is 0 Å². The third kappa shape index (κ3) is 16.4. The van der Waals surface area contributed by atoms with Crippen molar-refractivity contribution in [2.24, 2.45) is 0 Å². The third-order valence-corrected chi connectivity index (χ3v) is 8.67. The number of phenolic OH excluding ortho intramolecular Hbond substituents is 3. The number of esters is 2. The van der Waals surface area contributed by atoms with Gasteiger partial charge in [-0.3, -0.25) is 0 Å². The number of hydrogen-bond acceptors (Lipinski definition) is 10. The van der Waals surface area contributed by atoms with Crippen molar-refractivity contribution in [3.8, 4) is 23.0 Å². The number of phenols is 3. The molecule has 0 aromatic heterocycles. The maximum Gasteiger partial charge on any atom is 0.338 e. The first-order valence-electron chi connectivity index (χ1n) is 14.2. The molecule has 4 aromatic rings. The van der Waals surface area contributed by atoms with Gasteiger partial charge in [0.05, 0.1) is 45.7 Å². The lowest BCUT2D eigenvalue weighted by Crippen LogP contribution is -2.06. The van der Waals surface area contributed by atoms with Crippen LogP contribution in [0.15, 0.2) is 72.8 Å². The predicted molar refractivity (Wildman–Crippen MR) is 202 cm³/mol. The molecular formula is C35H38Br4O10. The number of halogens is 4. The van der Waals surface area contributed by atoms with Gasteiger partial charge in [-0.05, 0) is 88.0 Å². The molecule has 0 aliphatic rings. The molecule has 0 fully saturated rings. The second-order valence-corrected chi connectivity index (χ2v) is 12.1. The maximum absolute atomic E-state index is 11.1. The highest BCUT2D eigenvalue weighted by Crippen LogP contribution is 2.21. The number of aliphatic hydroxyl groups excluding tert-OH is 2. The Morgan fingerprint density at radius 1 is 0.490 bits per heavy atom. The van der Waals surface area contributed by atoms with Gasteiger partial charge in [0, 0.05) is 21.3 Å². The quantitative estimate of drug-likeness (QED) is 0.0821. The number of carbonyl (C=O) groups excluding carboxylic acids is 2. The summed E-state index contributed by atoms with van der Waals surface area (Å²) in [5.74, 6) is -0.135. The Balaban J connectivity index is 0.000000329. The summed E-state index contributed by atoms with van der Waals surface area (Å²) in [4.78, 5) is 22.3. The van der Waals surface area contributed by atoms with Crippen LogP contribution in [0.5, 0.6) is 23.0 Å². The SMILES string of the molecule is COC(=O)c1cc(O)cc(C(=O)OC)c1.COc1cc(CBr)cc(CBr)c1.OCc1cc(O)cc(CO)c1.Oc1cc(CBr)cc(CBr)c1. The van der Waals surface area contributed by atoms with Gasteiger partial charge >= 0.3 is 11.9 Å². The van der Waals surface area contributed by atoms with Crippen molar-refractivity contribution >= 4 is 75.7 Å². The fourth-order valence-corrected chi connectivity index (χ4v) is 5.20. The van der Waals surface area contributed by atoms with Gasteiger partial charge in [0.2, 0.25) is 0 Å². The van der Waals surface area contributed by atoms with Gasteiger partial charge < -0.3 is 39.7 Å². The Kier molecular flexibility index (Phi) is 21.6. The van der Waals surface area contributed by atoms with Crippen LogP contribution in [0.4, 0.5) is 0 Å². The topological polar surface area (TPSA) is 163 Å². The fourth-order valence-electron chi connectivity index (χ4n) is 3.91. The van der Waals surface area contributed by atoms with E-state index in [0.717, 1.165) is 38.2 Å². The van der Waals surface area contributed by atoms with Crippen molar-refractivity contribution in [1.29, 1.82) is 0 Å². The molecule has 0 saturated carbocycles. The van der Waals surface area contributed by atoms with Crippen molar-refractivity contribution in [2.75, 3.05) is 21.3 Å². The van der Waals surface area contributed by atoms with Gasteiger partial charge in [-0.1, -0.05) is 81.9 Å². The van der Waals surface area contributed by atoms with Gasteiger partial charge in [-0.2, -0.15) is 0 Å². The summed E-state index contributed by atoms with van der Waals surface area (Å²) in [6, 6.07) is 20.0. The third-order valence-electron chi connectivity index (χ3n) is 6.08. The summed E-state index contributed by atoms with van der Waals surface area (Å²) in [6.45, 7) is -0.247. The van der Waals surface area contributed by atoms with E-state index in [4.69, 9.17) is 20.1 Å². The molecule has 0 aliphatic carbocycles. The molecule has 266 valence electrons. The summed E-state index contributed by atoms with van der Waals surface area (Å²) in [5.41, 5.74) is 6.07. The first-order chi connectivity index (χ1) is 23.4. The fraction of sp³-hybridized carbons (Fsp3) is 0.257. The second kappa shape index (κ2) is 24.1. The van der Waals surface area contributed by atoms with Crippen LogP contribution in [-0.2, 0) is 44.0 Å². The van der Waals surface area contributed by atoms with Crippen LogP contribution in [-0.4, -0.2) is 58.8 Å². The van der Waals surface area contributed by atoms with E-state index >= 15 is 0 Å². The molecule has 0 saturated heterocycles. The van der Waals surface area contributed by atoms with Crippen molar-refractivity contribution in [3.05, 3.63) is 117 Å². The Hall–Kier alpha value is -3.14. The van der Waals surface area contributed by atoms with E-state index in [1.54, 1.807) is 25.3 Å². The highest BCUT2D eigenvalue weighted by molar-refractivity contribution is 9.09. The molecular weight excluding hydrogens is 900 g/mol. The molecule has 14 heteroatoms. The Bertz CT molecular complexity index is 1450. The Morgan fingerprint density at radius 3 is 1.10 bits per heavy atom. The number of aliphatic hydroxyl groups is 2. The second-order valence-electron chi connectivity index (χ2n) is 9.81. The minimum atomic E-state index is -0.629. The normalized spacial score (nSPS) is 9.82. The standard InChI is InChI=1S/C10H10O5.C9H10Br2O.C8H8Br2O.C8H10O3/c1-14-9(12)6-3-7(10(13)15-2)5-8(11)4-6;1-12-9-3-7(5-10)2-8(4-9)6-11;2*9-4-6-1-7(5-10)3-8(11)2-6/h3-5,11H,1-2H3;2-4H,5-6H2,1H3;1-3,11H,4-5H2;1-3,9-11H,4-5H2. The van der Waals surface area contributed by atoms with Gasteiger partial charge in [0.25, 0.3) is 0 Å². The Morgan fingerprint density at radius 2 is 0.796 bits per heavy atom. The predicted octanol–water partition coefficient (Wildman–Crippen LogP) is 8.01. The molecule has 4 aromatic carbocycles. The lowest BCUT2D eigenvalue weighted by Gasteiger charge is -2.04. The molecule has 49 heavy (non-hydrogen) atoms. The van der Waals surface area contributed by atoms with E-state index in [1.807, 2.05) is 18.2 Å². The van der Waals surface area contributed by atoms with Crippen LogP contribution in [0, 0.1) is 0 Å². The molecule has 0 unspecified atom stereocenters. The first kappa shape index (κ1) is 43.9. The summed E-state index contributed by atoms with van der Waals surface area (Å²) in [5, 5.41) is 48.2. The number of methoxy groups -OCH3 is 3. The van der Waals surface area contributed by atoms with Gasteiger partial charge in [0.15, 0.2) is 0 Å². The van der Waals surface area contributed by atoms with Crippen molar-refractivity contribution in [3.63, 3.8) is 0 Å². The van der Waals surface area contributed by atoms with Gasteiger partial charge in [-0.25, -0.2) is 9.59 Å². The average Bonchev–Trinajstić information content (AvgIpc) is 3.13. The molecule has 0 bridgehead atoms. The zero-order valence-corrected chi connectivity index (χ0v) is 33.3. The lowest BCUT2D eigenvalue weighted by atomic mass is 10.1. The van der Waals surface area contributed by atoms with E-state index in [2.05, 4.69) is 79.3 Å². The lowest BCUT2D eigenvalue weighted by molar-refractivity contribution is 0.0598. The molecule has 0 aliphatic heterocycles. The molecule has 0 spiro atoms. The van der Waals surface area contributed by atoms with Crippen molar-refractivity contribution in [2.45, 2.75) is 34.5 Å². The van der Waals surface area contributed by atoms with E-state index in [9.17, 15) is 19.8 Å². The van der Waals surface area contributed by atoms with Crippen LogP contribution in [0.3, 0.4) is 0 Å². The molecule has 4 rings (SSSR count). The molecule has 5 N–H and O–H groups in total. The van der Waals surface area contributed by atoms with Gasteiger partial charge in [-0.15, -0.1) is 0 Å². The summed E-state index contributed by atoms with van der Waals surface area (Å²) >= 11 is 13.5. The van der Waals surface area contributed by atoms with E-state index in [1.165, 1.54) is 55.7 Å². The van der Waals surface area contributed by atoms with E-state index in [-0.39, 0.29) is 35.8 Å². The van der Waals surface area contributed by atoms with Crippen LogP contribution >= 0.6 is 63.7 Å². The maximum atomic E-state index is 11.1. The van der Waals surface area contributed by atoms with Crippen LogP contribution in [0.1, 0.15) is 54.1 Å². The molecule has 0 heterocycles.